The highest BCUT2D eigenvalue weighted by atomic mass is 16.4. The Labute approximate surface area is 75.2 Å². The van der Waals surface area contributed by atoms with Crippen LogP contribution in [0.1, 0.15) is 33.3 Å². The number of carbonyl (C=O) groups excluding carboxylic acids is 1. The average molecular weight is 179 g/mol. The summed E-state index contributed by atoms with van der Waals surface area (Å²) >= 11 is 0. The Kier molecular flexibility index (Phi) is 2.41. The lowest BCUT2D eigenvalue weighted by Gasteiger charge is -2.01. The van der Waals surface area contributed by atoms with E-state index in [2.05, 4.69) is 4.98 Å². The summed E-state index contributed by atoms with van der Waals surface area (Å²) in [6.45, 7) is 3.11. The number of hydrogen-bond donors (Lipinski definition) is 1. The van der Waals surface area contributed by atoms with Crippen molar-refractivity contribution in [2.45, 2.75) is 13.8 Å². The van der Waals surface area contributed by atoms with Gasteiger partial charge in [-0.25, -0.2) is 9.78 Å². The van der Waals surface area contributed by atoms with Crippen LogP contribution in [-0.2, 0) is 0 Å². The summed E-state index contributed by atoms with van der Waals surface area (Å²) < 4.78 is 0. The Balaban J connectivity index is 3.20. The zero-order valence-electron chi connectivity index (χ0n) is 7.37. The molecule has 0 aliphatic rings. The van der Waals surface area contributed by atoms with E-state index in [0.717, 1.165) is 0 Å². The summed E-state index contributed by atoms with van der Waals surface area (Å²) in [5, 5.41) is 8.59. The predicted octanol–water partition coefficient (Wildman–Crippen LogP) is 1.29. The van der Waals surface area contributed by atoms with Gasteiger partial charge in [-0.1, -0.05) is 0 Å². The molecule has 0 saturated carbocycles. The van der Waals surface area contributed by atoms with Crippen molar-refractivity contribution >= 4 is 11.8 Å². The van der Waals surface area contributed by atoms with Gasteiger partial charge in [0.25, 0.3) is 0 Å². The summed E-state index contributed by atoms with van der Waals surface area (Å²) in [4.78, 5) is 25.1. The molecule has 0 atom stereocenters. The molecule has 0 amide bonds. The average Bonchev–Trinajstić information content (AvgIpc) is 2.03. The molecule has 13 heavy (non-hydrogen) atoms. The van der Waals surface area contributed by atoms with Crippen molar-refractivity contribution in [1.82, 2.24) is 4.98 Å². The Hall–Kier alpha value is -1.71. The molecule has 1 N–H and O–H groups in total. The number of carboxylic acid groups (broad SMARTS) is 1. The molecule has 1 heterocycles. The summed E-state index contributed by atoms with van der Waals surface area (Å²) in [7, 11) is 0. The molecular formula is C9H9NO3. The van der Waals surface area contributed by atoms with Crippen LogP contribution in [0.5, 0.6) is 0 Å². The third kappa shape index (κ3) is 1.90. The van der Waals surface area contributed by atoms with Gasteiger partial charge < -0.3 is 5.11 Å². The van der Waals surface area contributed by atoms with Crippen LogP contribution in [0.3, 0.4) is 0 Å². The number of ketones is 1. The molecule has 0 saturated heterocycles. The molecule has 4 nitrogen and oxygen atoms in total. The van der Waals surface area contributed by atoms with E-state index in [1.54, 1.807) is 6.92 Å². The van der Waals surface area contributed by atoms with E-state index in [1.807, 2.05) is 0 Å². The smallest absolute Gasteiger partial charge is 0.354 e. The summed E-state index contributed by atoms with van der Waals surface area (Å²) in [6.07, 6.45) is 1.29. The lowest BCUT2D eigenvalue weighted by molar-refractivity contribution is 0.0689. The minimum atomic E-state index is -1.08. The molecule has 0 aliphatic heterocycles. The Morgan fingerprint density at radius 3 is 2.46 bits per heavy atom. The van der Waals surface area contributed by atoms with Crippen molar-refractivity contribution in [3.8, 4) is 0 Å². The van der Waals surface area contributed by atoms with E-state index in [0.29, 0.717) is 11.1 Å². The topological polar surface area (TPSA) is 67.3 Å². The van der Waals surface area contributed by atoms with Gasteiger partial charge in [-0.05, 0) is 25.5 Å². The highest BCUT2D eigenvalue weighted by Gasteiger charge is 2.09. The third-order valence-corrected chi connectivity index (χ3v) is 1.71. The van der Waals surface area contributed by atoms with Crippen LogP contribution >= 0.6 is 0 Å². The minimum Gasteiger partial charge on any atom is -0.477 e. The molecule has 1 aromatic rings. The zero-order chi connectivity index (χ0) is 10.0. The van der Waals surface area contributed by atoms with Crippen LogP contribution in [0, 0.1) is 6.92 Å². The van der Waals surface area contributed by atoms with E-state index in [-0.39, 0.29) is 11.5 Å². The summed E-state index contributed by atoms with van der Waals surface area (Å²) in [6, 6.07) is 1.39. The largest absolute Gasteiger partial charge is 0.477 e. The molecule has 0 spiro atoms. The molecule has 0 unspecified atom stereocenters. The molecule has 0 bridgehead atoms. The van der Waals surface area contributed by atoms with Crippen molar-refractivity contribution < 1.29 is 14.7 Å². The van der Waals surface area contributed by atoms with Crippen molar-refractivity contribution in [1.29, 1.82) is 0 Å². The first kappa shape index (κ1) is 9.38. The van der Waals surface area contributed by atoms with Crippen LogP contribution in [0.2, 0.25) is 0 Å². The third-order valence-electron chi connectivity index (χ3n) is 1.71. The second kappa shape index (κ2) is 3.35. The van der Waals surface area contributed by atoms with Gasteiger partial charge >= 0.3 is 5.97 Å². The fraction of sp³-hybridized carbons (Fsp3) is 0.222. The van der Waals surface area contributed by atoms with E-state index < -0.39 is 5.97 Å². The number of Topliss-reactive ketones (excluding diaryl/α,β-unsaturated/α-hetero) is 1. The first-order valence-electron chi connectivity index (χ1n) is 3.73. The van der Waals surface area contributed by atoms with E-state index in [9.17, 15) is 9.59 Å². The molecule has 0 aromatic carbocycles. The molecular weight excluding hydrogens is 170 g/mol. The van der Waals surface area contributed by atoms with Gasteiger partial charge in [0.05, 0.1) is 0 Å². The molecule has 68 valence electrons. The number of aromatic nitrogens is 1. The SMILES string of the molecule is CC(=O)c1cnc(C(=O)O)cc1C. The Bertz CT molecular complexity index is 371. The maximum Gasteiger partial charge on any atom is 0.354 e. The Morgan fingerprint density at radius 2 is 2.08 bits per heavy atom. The van der Waals surface area contributed by atoms with Gasteiger partial charge in [-0.15, -0.1) is 0 Å². The predicted molar refractivity (Wildman–Crippen MR) is 45.9 cm³/mol. The number of hydrogen-bond acceptors (Lipinski definition) is 3. The highest BCUT2D eigenvalue weighted by molar-refractivity contribution is 5.96. The number of nitrogens with zero attached hydrogens (tertiary/aromatic N) is 1. The number of aromatic carboxylic acids is 1. The number of carboxylic acids is 1. The number of carbonyl (C=O) groups is 2. The van der Waals surface area contributed by atoms with E-state index in [4.69, 9.17) is 5.11 Å². The molecule has 1 rings (SSSR count). The zero-order valence-corrected chi connectivity index (χ0v) is 7.37. The van der Waals surface area contributed by atoms with Crippen molar-refractivity contribution in [3.63, 3.8) is 0 Å². The number of rotatable bonds is 2. The van der Waals surface area contributed by atoms with Crippen molar-refractivity contribution in [2.24, 2.45) is 0 Å². The van der Waals surface area contributed by atoms with Crippen LogP contribution in [-0.4, -0.2) is 21.8 Å². The van der Waals surface area contributed by atoms with Crippen molar-refractivity contribution in [3.05, 3.63) is 29.1 Å². The fourth-order valence-electron chi connectivity index (χ4n) is 1.04. The molecule has 1 aromatic heterocycles. The van der Waals surface area contributed by atoms with Crippen LogP contribution in [0.15, 0.2) is 12.3 Å². The summed E-state index contributed by atoms with van der Waals surface area (Å²) in [5.41, 5.74) is 1.06. The maximum absolute atomic E-state index is 11.0. The van der Waals surface area contributed by atoms with Crippen LogP contribution in [0.25, 0.3) is 0 Å². The standard InChI is InChI=1S/C9H9NO3/c1-5-3-8(9(12)13)10-4-7(5)6(2)11/h3-4H,1-2H3,(H,12,13). The number of aryl methyl sites for hydroxylation is 1. The lowest BCUT2D eigenvalue weighted by Crippen LogP contribution is -2.04. The second-order valence-electron chi connectivity index (χ2n) is 2.75. The first-order valence-corrected chi connectivity index (χ1v) is 3.73. The van der Waals surface area contributed by atoms with Crippen molar-refractivity contribution in [2.75, 3.05) is 0 Å². The second-order valence-corrected chi connectivity index (χ2v) is 2.75. The minimum absolute atomic E-state index is 0.0394. The van der Waals surface area contributed by atoms with Gasteiger partial charge in [0.1, 0.15) is 5.69 Å². The van der Waals surface area contributed by atoms with Crippen LogP contribution in [0.4, 0.5) is 0 Å². The van der Waals surface area contributed by atoms with Gasteiger partial charge in [-0.2, -0.15) is 0 Å². The quantitative estimate of drug-likeness (QED) is 0.694. The summed E-state index contributed by atoms with van der Waals surface area (Å²) in [5.74, 6) is -1.19. The van der Waals surface area contributed by atoms with Gasteiger partial charge in [0, 0.05) is 11.8 Å². The van der Waals surface area contributed by atoms with Gasteiger partial charge in [0.15, 0.2) is 5.78 Å². The van der Waals surface area contributed by atoms with Crippen LogP contribution < -0.4 is 0 Å². The molecule has 4 heteroatoms. The molecule has 0 fully saturated rings. The fourth-order valence-corrected chi connectivity index (χ4v) is 1.04. The molecule has 0 radical (unpaired) electrons. The Morgan fingerprint density at radius 1 is 1.46 bits per heavy atom. The van der Waals surface area contributed by atoms with E-state index >= 15 is 0 Å². The van der Waals surface area contributed by atoms with E-state index in [1.165, 1.54) is 19.2 Å². The molecule has 0 aliphatic carbocycles. The van der Waals surface area contributed by atoms with Gasteiger partial charge in [-0.3, -0.25) is 4.79 Å². The monoisotopic (exact) mass is 179 g/mol. The lowest BCUT2D eigenvalue weighted by atomic mass is 10.1. The normalized spacial score (nSPS) is 9.69. The first-order chi connectivity index (χ1) is 6.02. The van der Waals surface area contributed by atoms with Gasteiger partial charge in [0.2, 0.25) is 0 Å². The number of pyridine rings is 1. The highest BCUT2D eigenvalue weighted by Crippen LogP contribution is 2.08. The maximum atomic E-state index is 11.0.